The number of nitrogens with zero attached hydrogens (tertiary/aromatic N) is 1. The molecule has 1 aromatic heterocycles. The van der Waals surface area contributed by atoms with Crippen molar-refractivity contribution in [3.05, 3.63) is 10.8 Å². The summed E-state index contributed by atoms with van der Waals surface area (Å²) in [6.45, 7) is 0. The number of aromatic nitrogens is 2. The normalized spacial score (nSPS) is 8.12. The Kier molecular flexibility index (Phi) is 3.08. The molecule has 0 fully saturated rings. The van der Waals surface area contributed by atoms with Gasteiger partial charge in [0.05, 0.1) is 6.20 Å². The second-order valence-corrected chi connectivity index (χ2v) is 1.97. The molecular weight excluding hydrogens is 238 g/mol. The van der Waals surface area contributed by atoms with Crippen molar-refractivity contribution in [2.75, 3.05) is 5.73 Å². The van der Waals surface area contributed by atoms with E-state index in [2.05, 4.69) is 25.9 Å². The van der Waals surface area contributed by atoms with Crippen LogP contribution < -0.4 is 5.73 Å². The van der Waals surface area contributed by atoms with Gasteiger partial charge < -0.3 is 10.7 Å². The van der Waals surface area contributed by atoms with Gasteiger partial charge in [-0.2, -0.15) is 0 Å². The number of aromatic amines is 1. The summed E-state index contributed by atoms with van der Waals surface area (Å²) in [6.07, 6.45) is 1.61. The molecular formula is C3H5Br2N3. The molecule has 0 saturated heterocycles. The van der Waals surface area contributed by atoms with Gasteiger partial charge in [-0.25, -0.2) is 4.98 Å². The van der Waals surface area contributed by atoms with E-state index in [1.165, 1.54) is 0 Å². The molecule has 0 aliphatic heterocycles. The molecule has 0 amide bonds. The van der Waals surface area contributed by atoms with Gasteiger partial charge in [0.15, 0.2) is 5.95 Å². The quantitative estimate of drug-likeness (QED) is 0.722. The predicted octanol–water partition coefficient (Wildman–Crippen LogP) is 1.33. The summed E-state index contributed by atoms with van der Waals surface area (Å²) >= 11 is 3.13. The molecule has 1 rings (SSSR count). The highest BCUT2D eigenvalue weighted by Crippen LogP contribution is 2.04. The third-order valence-electron chi connectivity index (χ3n) is 0.564. The van der Waals surface area contributed by atoms with Crippen LogP contribution in [0.5, 0.6) is 0 Å². The molecule has 46 valence electrons. The number of H-pyrrole nitrogens is 1. The number of imidazole rings is 1. The minimum atomic E-state index is 0. The number of anilines is 1. The summed E-state index contributed by atoms with van der Waals surface area (Å²) < 4.78 is 0.810. The van der Waals surface area contributed by atoms with Crippen LogP contribution in [0.15, 0.2) is 10.8 Å². The van der Waals surface area contributed by atoms with Crippen LogP contribution in [0.25, 0.3) is 0 Å². The smallest absolute Gasteiger partial charge is 0.198 e. The van der Waals surface area contributed by atoms with Gasteiger partial charge in [0.2, 0.25) is 0 Å². The van der Waals surface area contributed by atoms with Crippen molar-refractivity contribution < 1.29 is 0 Å². The lowest BCUT2D eigenvalue weighted by Crippen LogP contribution is -1.84. The number of halogens is 2. The monoisotopic (exact) mass is 241 g/mol. The van der Waals surface area contributed by atoms with E-state index in [1.807, 2.05) is 0 Å². The van der Waals surface area contributed by atoms with Gasteiger partial charge in [-0.05, 0) is 15.9 Å². The molecule has 8 heavy (non-hydrogen) atoms. The highest BCUT2D eigenvalue weighted by molar-refractivity contribution is 9.10. The molecule has 0 saturated carbocycles. The van der Waals surface area contributed by atoms with Crippen molar-refractivity contribution >= 4 is 38.9 Å². The Morgan fingerprint density at radius 3 is 2.50 bits per heavy atom. The Labute approximate surface area is 65.6 Å². The molecule has 0 radical (unpaired) electrons. The van der Waals surface area contributed by atoms with Crippen molar-refractivity contribution in [1.29, 1.82) is 0 Å². The predicted molar refractivity (Wildman–Crippen MR) is 41.0 cm³/mol. The first-order valence-electron chi connectivity index (χ1n) is 1.75. The van der Waals surface area contributed by atoms with Crippen molar-refractivity contribution in [2.45, 2.75) is 0 Å². The standard InChI is InChI=1S/C3H4BrN3.BrH/c4-2-1-6-3(5)7-2;/h1H,(H3,5,6,7);1H. The second-order valence-electron chi connectivity index (χ2n) is 1.12. The molecule has 0 unspecified atom stereocenters. The van der Waals surface area contributed by atoms with Crippen molar-refractivity contribution in [3.8, 4) is 0 Å². The fraction of sp³-hybridized carbons (Fsp3) is 0. The summed E-state index contributed by atoms with van der Waals surface area (Å²) in [5, 5.41) is 0. The van der Waals surface area contributed by atoms with Crippen LogP contribution in [0.4, 0.5) is 5.95 Å². The SMILES string of the molecule is Br.Nc1ncc(Br)[nH]1. The Morgan fingerprint density at radius 2 is 2.38 bits per heavy atom. The molecule has 0 aliphatic rings. The molecule has 0 bridgehead atoms. The number of nitrogens with two attached hydrogens (primary N) is 1. The van der Waals surface area contributed by atoms with E-state index < -0.39 is 0 Å². The van der Waals surface area contributed by atoms with Crippen LogP contribution in [-0.4, -0.2) is 9.97 Å². The van der Waals surface area contributed by atoms with E-state index in [4.69, 9.17) is 5.73 Å². The van der Waals surface area contributed by atoms with Crippen molar-refractivity contribution in [2.24, 2.45) is 0 Å². The van der Waals surface area contributed by atoms with Crippen molar-refractivity contribution in [1.82, 2.24) is 9.97 Å². The first kappa shape index (κ1) is 7.97. The molecule has 3 nitrogen and oxygen atoms in total. The summed E-state index contributed by atoms with van der Waals surface area (Å²) in [6, 6.07) is 0. The fourth-order valence-corrected chi connectivity index (χ4v) is 0.619. The number of rotatable bonds is 0. The zero-order chi connectivity index (χ0) is 5.28. The summed E-state index contributed by atoms with van der Waals surface area (Å²) in [7, 11) is 0. The van der Waals surface area contributed by atoms with E-state index in [0.717, 1.165) is 4.60 Å². The van der Waals surface area contributed by atoms with Gasteiger partial charge in [-0.15, -0.1) is 17.0 Å². The maximum Gasteiger partial charge on any atom is 0.198 e. The van der Waals surface area contributed by atoms with E-state index in [1.54, 1.807) is 6.20 Å². The molecule has 1 aromatic rings. The highest BCUT2D eigenvalue weighted by atomic mass is 79.9. The Hall–Kier alpha value is -0.0300. The van der Waals surface area contributed by atoms with E-state index in [0.29, 0.717) is 5.95 Å². The summed E-state index contributed by atoms with van der Waals surface area (Å²) in [4.78, 5) is 6.41. The third-order valence-corrected chi connectivity index (χ3v) is 0.967. The molecule has 0 aromatic carbocycles. The third kappa shape index (κ3) is 1.83. The zero-order valence-corrected chi connectivity index (χ0v) is 7.19. The van der Waals surface area contributed by atoms with Crippen LogP contribution in [-0.2, 0) is 0 Å². The number of nitrogen functional groups attached to an aromatic ring is 1. The lowest BCUT2D eigenvalue weighted by molar-refractivity contribution is 1.31. The Bertz CT molecular complexity index is 145. The van der Waals surface area contributed by atoms with E-state index >= 15 is 0 Å². The van der Waals surface area contributed by atoms with Crippen molar-refractivity contribution in [3.63, 3.8) is 0 Å². The second kappa shape index (κ2) is 3.09. The van der Waals surface area contributed by atoms with Crippen LogP contribution in [0.2, 0.25) is 0 Å². The molecule has 1 heterocycles. The van der Waals surface area contributed by atoms with Crippen LogP contribution in [0.3, 0.4) is 0 Å². The van der Waals surface area contributed by atoms with E-state index in [9.17, 15) is 0 Å². The van der Waals surface area contributed by atoms with Crippen LogP contribution in [0.1, 0.15) is 0 Å². The Balaban J connectivity index is 0.000000490. The maximum atomic E-state index is 5.18. The molecule has 0 atom stereocenters. The molecule has 0 spiro atoms. The molecule has 0 aliphatic carbocycles. The zero-order valence-electron chi connectivity index (χ0n) is 3.89. The molecule has 3 N–H and O–H groups in total. The van der Waals surface area contributed by atoms with Gasteiger partial charge >= 0.3 is 0 Å². The number of hydrogen-bond acceptors (Lipinski definition) is 2. The number of nitrogens with one attached hydrogen (secondary N) is 1. The molecule has 5 heteroatoms. The van der Waals surface area contributed by atoms with Gasteiger partial charge in [-0.1, -0.05) is 0 Å². The lowest BCUT2D eigenvalue weighted by Gasteiger charge is -1.73. The average Bonchev–Trinajstić information content (AvgIpc) is 1.87. The lowest BCUT2D eigenvalue weighted by atomic mass is 11.0. The van der Waals surface area contributed by atoms with E-state index in [-0.39, 0.29) is 17.0 Å². The van der Waals surface area contributed by atoms with Gasteiger partial charge in [0.1, 0.15) is 4.60 Å². The first-order valence-corrected chi connectivity index (χ1v) is 2.54. The minimum Gasteiger partial charge on any atom is -0.369 e. The summed E-state index contributed by atoms with van der Waals surface area (Å²) in [5.74, 6) is 0.437. The van der Waals surface area contributed by atoms with Crippen LogP contribution >= 0.6 is 32.9 Å². The van der Waals surface area contributed by atoms with Gasteiger partial charge in [0, 0.05) is 0 Å². The largest absolute Gasteiger partial charge is 0.369 e. The Morgan fingerprint density at radius 1 is 1.75 bits per heavy atom. The van der Waals surface area contributed by atoms with Gasteiger partial charge in [-0.3, -0.25) is 0 Å². The minimum absolute atomic E-state index is 0. The number of hydrogen-bond donors (Lipinski definition) is 2. The summed E-state index contributed by atoms with van der Waals surface area (Å²) in [5.41, 5.74) is 5.18. The maximum absolute atomic E-state index is 5.18. The first-order chi connectivity index (χ1) is 3.29. The highest BCUT2D eigenvalue weighted by Gasteiger charge is 1.86. The fourth-order valence-electron chi connectivity index (χ4n) is 0.313. The topological polar surface area (TPSA) is 54.7 Å². The average molecular weight is 243 g/mol. The van der Waals surface area contributed by atoms with Crippen LogP contribution in [0, 0.1) is 0 Å². The van der Waals surface area contributed by atoms with Gasteiger partial charge in [0.25, 0.3) is 0 Å².